The van der Waals surface area contributed by atoms with Crippen LogP contribution in [-0.4, -0.2) is 4.21 Å². The Labute approximate surface area is 74.9 Å². The number of hydrogen-bond donors (Lipinski definition) is 0. The minimum Gasteiger partial charge on any atom is -0.249 e. The summed E-state index contributed by atoms with van der Waals surface area (Å²) in [5, 5.41) is 1.55. The van der Waals surface area contributed by atoms with Crippen LogP contribution >= 0.6 is 0 Å². The second kappa shape index (κ2) is 4.70. The van der Waals surface area contributed by atoms with E-state index in [1.54, 1.807) is 11.5 Å². The highest BCUT2D eigenvalue weighted by atomic mass is 32.2. The van der Waals surface area contributed by atoms with Gasteiger partial charge in [-0.15, -0.1) is 5.73 Å². The number of allylic oxidation sites excluding steroid dienone is 1. The Morgan fingerprint density at radius 1 is 1.33 bits per heavy atom. The summed E-state index contributed by atoms with van der Waals surface area (Å²) in [7, 11) is -1.05. The van der Waals surface area contributed by atoms with Gasteiger partial charge in [-0.25, -0.2) is 4.21 Å². The molecule has 0 aliphatic rings. The first-order chi connectivity index (χ1) is 5.84. The Kier molecular flexibility index (Phi) is 3.52. The quantitative estimate of drug-likeness (QED) is 0.636. The first-order valence-electron chi connectivity index (χ1n) is 3.67. The number of hydrogen-bond acceptors (Lipinski definition) is 1. The molecule has 12 heavy (non-hydrogen) atoms. The molecule has 0 heterocycles. The van der Waals surface area contributed by atoms with E-state index in [2.05, 4.69) is 5.73 Å². The van der Waals surface area contributed by atoms with Gasteiger partial charge in [0.1, 0.15) is 0 Å². The lowest BCUT2D eigenvalue weighted by Gasteiger charge is -1.92. The Morgan fingerprint density at radius 2 is 2.00 bits per heavy atom. The first-order valence-corrected chi connectivity index (χ1v) is 4.88. The van der Waals surface area contributed by atoms with Crippen molar-refractivity contribution in [2.45, 2.75) is 11.8 Å². The normalized spacial score (nSPS) is 11.4. The molecule has 0 fully saturated rings. The summed E-state index contributed by atoms with van der Waals surface area (Å²) in [6, 6.07) is 9.32. The van der Waals surface area contributed by atoms with Crippen LogP contribution in [0.25, 0.3) is 0 Å². The van der Waals surface area contributed by atoms with Crippen molar-refractivity contribution < 1.29 is 4.21 Å². The summed E-state index contributed by atoms with van der Waals surface area (Å²) in [6.07, 6.45) is 1.74. The Bertz CT molecular complexity index is 321. The van der Waals surface area contributed by atoms with E-state index >= 15 is 0 Å². The molecule has 0 aliphatic heterocycles. The molecule has 0 N–H and O–H groups in total. The molecule has 62 valence electrons. The molecule has 0 spiro atoms. The fourth-order valence-electron chi connectivity index (χ4n) is 0.752. The van der Waals surface area contributed by atoms with Gasteiger partial charge in [0.05, 0.1) is 10.8 Å². The monoisotopic (exact) mass is 178 g/mol. The van der Waals surface area contributed by atoms with Crippen LogP contribution in [0.1, 0.15) is 6.92 Å². The van der Waals surface area contributed by atoms with Crippen molar-refractivity contribution >= 4 is 10.8 Å². The van der Waals surface area contributed by atoms with Gasteiger partial charge in [0.2, 0.25) is 0 Å². The highest BCUT2D eigenvalue weighted by molar-refractivity contribution is 7.88. The lowest BCUT2D eigenvalue weighted by atomic mass is 10.4. The van der Waals surface area contributed by atoms with E-state index < -0.39 is 10.8 Å². The zero-order chi connectivity index (χ0) is 8.81. The summed E-state index contributed by atoms with van der Waals surface area (Å²) in [5.41, 5.74) is 2.80. The van der Waals surface area contributed by atoms with Crippen molar-refractivity contribution in [3.05, 3.63) is 47.5 Å². The highest BCUT2D eigenvalue weighted by Gasteiger charge is 1.95. The van der Waals surface area contributed by atoms with Crippen molar-refractivity contribution in [3.8, 4) is 0 Å². The fourth-order valence-corrected chi connectivity index (χ4v) is 1.57. The first kappa shape index (κ1) is 8.98. The Morgan fingerprint density at radius 3 is 2.58 bits per heavy atom. The van der Waals surface area contributed by atoms with E-state index in [0.717, 1.165) is 4.90 Å². The van der Waals surface area contributed by atoms with Crippen LogP contribution in [0.5, 0.6) is 0 Å². The zero-order valence-electron chi connectivity index (χ0n) is 6.86. The van der Waals surface area contributed by atoms with Crippen LogP contribution in [0.4, 0.5) is 0 Å². The molecule has 0 radical (unpaired) electrons. The molecule has 1 atom stereocenters. The summed E-state index contributed by atoms with van der Waals surface area (Å²) in [4.78, 5) is 0.812. The van der Waals surface area contributed by atoms with E-state index in [9.17, 15) is 4.21 Å². The van der Waals surface area contributed by atoms with Gasteiger partial charge in [-0.3, -0.25) is 0 Å². The van der Waals surface area contributed by atoms with Crippen LogP contribution in [0.15, 0.2) is 52.4 Å². The average molecular weight is 178 g/mol. The summed E-state index contributed by atoms with van der Waals surface area (Å²) >= 11 is 0. The van der Waals surface area contributed by atoms with Crippen molar-refractivity contribution in [1.29, 1.82) is 0 Å². The third-order valence-corrected chi connectivity index (χ3v) is 2.40. The van der Waals surface area contributed by atoms with Gasteiger partial charge >= 0.3 is 0 Å². The third-order valence-electron chi connectivity index (χ3n) is 1.32. The largest absolute Gasteiger partial charge is 0.249 e. The van der Waals surface area contributed by atoms with E-state index in [4.69, 9.17) is 0 Å². The molecule has 2 heteroatoms. The van der Waals surface area contributed by atoms with E-state index in [1.165, 1.54) is 0 Å². The minimum atomic E-state index is -1.05. The predicted molar refractivity (Wildman–Crippen MR) is 51.2 cm³/mol. The van der Waals surface area contributed by atoms with Gasteiger partial charge < -0.3 is 0 Å². The second-order valence-electron chi connectivity index (χ2n) is 2.18. The molecule has 0 amide bonds. The lowest BCUT2D eigenvalue weighted by Crippen LogP contribution is -1.83. The van der Waals surface area contributed by atoms with Crippen LogP contribution in [0.2, 0.25) is 0 Å². The smallest absolute Gasteiger partial charge is 0.0854 e. The Hall–Kier alpha value is -1.11. The predicted octanol–water partition coefficient (Wildman–Crippen LogP) is 2.48. The van der Waals surface area contributed by atoms with Crippen molar-refractivity contribution in [1.82, 2.24) is 0 Å². The molecule has 0 aromatic heterocycles. The summed E-state index contributed by atoms with van der Waals surface area (Å²) < 4.78 is 11.4. The van der Waals surface area contributed by atoms with Crippen molar-refractivity contribution in [2.24, 2.45) is 0 Å². The molecule has 0 saturated heterocycles. The molecule has 1 aromatic carbocycles. The van der Waals surface area contributed by atoms with E-state index in [0.29, 0.717) is 0 Å². The topological polar surface area (TPSA) is 17.1 Å². The van der Waals surface area contributed by atoms with Crippen LogP contribution < -0.4 is 0 Å². The van der Waals surface area contributed by atoms with Gasteiger partial charge in [0.25, 0.3) is 0 Å². The minimum absolute atomic E-state index is 0.812. The third kappa shape index (κ3) is 2.50. The molecule has 1 rings (SSSR count). The zero-order valence-corrected chi connectivity index (χ0v) is 7.67. The molecule has 1 nitrogen and oxygen atoms in total. The van der Waals surface area contributed by atoms with Crippen LogP contribution in [0, 0.1) is 0 Å². The van der Waals surface area contributed by atoms with Crippen LogP contribution in [-0.2, 0) is 10.8 Å². The van der Waals surface area contributed by atoms with Crippen molar-refractivity contribution in [3.63, 3.8) is 0 Å². The molecular formula is C10H10OS. The highest BCUT2D eigenvalue weighted by Crippen LogP contribution is 2.05. The second-order valence-corrected chi connectivity index (χ2v) is 3.49. The maximum absolute atomic E-state index is 11.4. The van der Waals surface area contributed by atoms with Gasteiger partial charge in [-0.2, -0.15) is 0 Å². The van der Waals surface area contributed by atoms with E-state index in [-0.39, 0.29) is 0 Å². The number of rotatable bonds is 2. The lowest BCUT2D eigenvalue weighted by molar-refractivity contribution is 0.688. The van der Waals surface area contributed by atoms with Gasteiger partial charge in [0.15, 0.2) is 0 Å². The standard InChI is InChI=1S/C10H10OS/c1-2-3-9-12(11)10-7-5-4-6-8-10/h2,4-9H,1H3. The summed E-state index contributed by atoms with van der Waals surface area (Å²) in [6.45, 7) is 1.85. The van der Waals surface area contributed by atoms with Gasteiger partial charge in [-0.1, -0.05) is 18.2 Å². The molecule has 1 aromatic rings. The average Bonchev–Trinajstić information content (AvgIpc) is 2.15. The SMILES string of the molecule is CC=C=CS(=O)c1ccccc1. The molecule has 0 saturated carbocycles. The summed E-state index contributed by atoms with van der Waals surface area (Å²) in [5.74, 6) is 0. The fraction of sp³-hybridized carbons (Fsp3) is 0.100. The molecule has 0 bridgehead atoms. The maximum Gasteiger partial charge on any atom is 0.0854 e. The van der Waals surface area contributed by atoms with E-state index in [1.807, 2.05) is 37.3 Å². The molecule has 1 unspecified atom stereocenters. The number of benzene rings is 1. The van der Waals surface area contributed by atoms with Crippen molar-refractivity contribution in [2.75, 3.05) is 0 Å². The van der Waals surface area contributed by atoms with Crippen LogP contribution in [0.3, 0.4) is 0 Å². The maximum atomic E-state index is 11.4. The molecular weight excluding hydrogens is 168 g/mol. The Balaban J connectivity index is 2.87. The molecule has 0 aliphatic carbocycles. The van der Waals surface area contributed by atoms with Gasteiger partial charge in [0, 0.05) is 10.3 Å². The van der Waals surface area contributed by atoms with Gasteiger partial charge in [-0.05, 0) is 25.1 Å².